The molecule has 14 heteroatoms. The molecule has 0 spiro atoms. The lowest BCUT2D eigenvalue weighted by Gasteiger charge is -2.21. The summed E-state index contributed by atoms with van der Waals surface area (Å²) in [6.07, 6.45) is -3.31. The quantitative estimate of drug-likeness (QED) is 0.186. The number of hydrogen-bond acceptors (Lipinski definition) is 10. The molecule has 5 rings (SSSR count). The number of hydrogen-bond donors (Lipinski definition) is 1. The Morgan fingerprint density at radius 3 is 2.62 bits per heavy atom. The summed E-state index contributed by atoms with van der Waals surface area (Å²) in [4.78, 5) is 13.6. The van der Waals surface area contributed by atoms with Crippen LogP contribution < -0.4 is 5.32 Å². The summed E-state index contributed by atoms with van der Waals surface area (Å²) in [5, 5.41) is 3.48. The van der Waals surface area contributed by atoms with Crippen LogP contribution >= 0.6 is 23.5 Å². The maximum absolute atomic E-state index is 12.8. The van der Waals surface area contributed by atoms with Gasteiger partial charge < -0.3 is 24.3 Å². The van der Waals surface area contributed by atoms with Gasteiger partial charge in [-0.1, -0.05) is 42.1 Å². The minimum Gasteiger partial charge on any atom is -0.382 e. The molecular formula is C25H30F3N5O4S2. The van der Waals surface area contributed by atoms with Crippen molar-refractivity contribution in [2.45, 2.75) is 55.0 Å². The Kier molecular flexibility index (Phi) is 9.19. The highest BCUT2D eigenvalue weighted by molar-refractivity contribution is 7.99. The van der Waals surface area contributed by atoms with Gasteiger partial charge in [-0.15, -0.1) is 0 Å². The van der Waals surface area contributed by atoms with Crippen molar-refractivity contribution in [3.05, 3.63) is 42.2 Å². The number of rotatable bonds is 12. The number of alkyl halides is 3. The molecule has 5 atom stereocenters. The third-order valence-electron chi connectivity index (χ3n) is 6.37. The molecule has 1 aromatic carbocycles. The Labute approximate surface area is 232 Å². The molecule has 0 radical (unpaired) electrons. The highest BCUT2D eigenvalue weighted by atomic mass is 32.2. The summed E-state index contributed by atoms with van der Waals surface area (Å²) < 4.78 is 64.4. The number of ether oxygens (including phenoxy) is 4. The smallest absolute Gasteiger partial charge is 0.382 e. The topological polar surface area (TPSA) is 92.6 Å². The average Bonchev–Trinajstić information content (AvgIpc) is 3.59. The maximum atomic E-state index is 12.8. The van der Waals surface area contributed by atoms with Gasteiger partial charge in [-0.3, -0.25) is 4.57 Å². The third kappa shape index (κ3) is 6.80. The molecule has 4 heterocycles. The molecule has 3 aromatic rings. The van der Waals surface area contributed by atoms with Crippen molar-refractivity contribution in [2.24, 2.45) is 0 Å². The van der Waals surface area contributed by atoms with Gasteiger partial charge in [0.05, 0.1) is 19.4 Å². The predicted octanol–water partition coefficient (Wildman–Crippen LogP) is 4.54. The van der Waals surface area contributed by atoms with Crippen molar-refractivity contribution >= 4 is 40.5 Å². The van der Waals surface area contributed by atoms with Gasteiger partial charge in [0.25, 0.3) is 0 Å². The van der Waals surface area contributed by atoms with Gasteiger partial charge in [0.1, 0.15) is 18.3 Å². The predicted molar refractivity (Wildman–Crippen MR) is 143 cm³/mol. The van der Waals surface area contributed by atoms with E-state index in [0.717, 1.165) is 23.1 Å². The fraction of sp³-hybridized carbons (Fsp3) is 0.560. The number of anilines is 1. The lowest BCUT2D eigenvalue weighted by molar-refractivity contribution is -0.151. The molecule has 2 saturated heterocycles. The van der Waals surface area contributed by atoms with Crippen LogP contribution in [-0.4, -0.2) is 88.3 Å². The minimum absolute atomic E-state index is 0.188. The van der Waals surface area contributed by atoms with E-state index >= 15 is 0 Å². The number of halogens is 3. The molecule has 9 nitrogen and oxygen atoms in total. The number of nitrogens with zero attached hydrogens (tertiary/aromatic N) is 4. The molecule has 2 aliphatic heterocycles. The number of benzene rings is 1. The van der Waals surface area contributed by atoms with E-state index in [0.29, 0.717) is 36.6 Å². The number of methoxy groups -OCH3 is 1. The van der Waals surface area contributed by atoms with E-state index in [2.05, 4.69) is 20.3 Å². The van der Waals surface area contributed by atoms with E-state index in [9.17, 15) is 13.2 Å². The number of imidazole rings is 1. The Balaban J connectivity index is 1.43. The fourth-order valence-corrected chi connectivity index (χ4v) is 5.75. The van der Waals surface area contributed by atoms with E-state index in [1.54, 1.807) is 29.8 Å². The molecule has 2 aromatic heterocycles. The van der Waals surface area contributed by atoms with Crippen LogP contribution in [0, 0.1) is 0 Å². The highest BCUT2D eigenvalue weighted by Crippen LogP contribution is 2.41. The van der Waals surface area contributed by atoms with Crippen LogP contribution in [0.15, 0.2) is 41.8 Å². The van der Waals surface area contributed by atoms with Crippen molar-refractivity contribution < 1.29 is 32.1 Å². The lowest BCUT2D eigenvalue weighted by Crippen LogP contribution is -2.31. The van der Waals surface area contributed by atoms with E-state index < -0.39 is 31.2 Å². The molecule has 0 saturated carbocycles. The second kappa shape index (κ2) is 12.6. The van der Waals surface area contributed by atoms with Gasteiger partial charge in [-0.05, 0) is 11.8 Å². The highest BCUT2D eigenvalue weighted by Gasteiger charge is 2.53. The number of nitrogens with one attached hydrogen (secondary N) is 1. The van der Waals surface area contributed by atoms with Crippen LogP contribution in [0.4, 0.5) is 19.0 Å². The van der Waals surface area contributed by atoms with Gasteiger partial charge in [-0.25, -0.2) is 15.0 Å². The second-order valence-corrected chi connectivity index (χ2v) is 11.2. The molecule has 0 amide bonds. The Morgan fingerprint density at radius 1 is 1.08 bits per heavy atom. The van der Waals surface area contributed by atoms with Crippen LogP contribution in [-0.2, 0) is 25.4 Å². The molecule has 2 unspecified atom stereocenters. The zero-order valence-corrected chi connectivity index (χ0v) is 23.1. The zero-order valence-electron chi connectivity index (χ0n) is 21.5. The van der Waals surface area contributed by atoms with Crippen molar-refractivity contribution in [3.63, 3.8) is 0 Å². The van der Waals surface area contributed by atoms with Gasteiger partial charge in [0, 0.05) is 31.6 Å². The van der Waals surface area contributed by atoms with Crippen LogP contribution in [0.25, 0.3) is 11.2 Å². The summed E-state index contributed by atoms with van der Waals surface area (Å²) >= 11 is 2.62. The molecule has 2 fully saturated rings. The Hall–Kier alpha value is -2.10. The number of fused-ring (bicyclic) bond motifs is 2. The molecule has 39 heavy (non-hydrogen) atoms. The molecule has 212 valence electrons. The third-order valence-corrected chi connectivity index (χ3v) is 7.83. The van der Waals surface area contributed by atoms with E-state index in [1.807, 2.05) is 36.6 Å². The monoisotopic (exact) mass is 585 g/mol. The SMILES string of the molecule is COCC1O[C@@H](n2cnc3c(NCCSC)nc(SCCC(F)(F)F)nc32)[C@@H]2OC(Cc3ccccc3)O[C@H]12. The van der Waals surface area contributed by atoms with Crippen LogP contribution in [0.5, 0.6) is 0 Å². The molecule has 2 aliphatic rings. The minimum atomic E-state index is -4.25. The normalized spacial score (nSPS) is 24.9. The first kappa shape index (κ1) is 28.4. The lowest BCUT2D eigenvalue weighted by atomic mass is 10.1. The van der Waals surface area contributed by atoms with Crippen molar-refractivity contribution in [1.29, 1.82) is 0 Å². The van der Waals surface area contributed by atoms with E-state index in [1.165, 1.54) is 0 Å². The first-order valence-corrected chi connectivity index (χ1v) is 14.9. The number of thioether (sulfide) groups is 2. The maximum Gasteiger partial charge on any atom is 0.389 e. The summed E-state index contributed by atoms with van der Waals surface area (Å²) in [6, 6.07) is 9.93. The van der Waals surface area contributed by atoms with Crippen LogP contribution in [0.1, 0.15) is 18.2 Å². The fourth-order valence-electron chi connectivity index (χ4n) is 4.63. The summed E-state index contributed by atoms with van der Waals surface area (Å²) in [6.45, 7) is 0.923. The van der Waals surface area contributed by atoms with Crippen molar-refractivity contribution in [1.82, 2.24) is 19.5 Å². The largest absolute Gasteiger partial charge is 0.389 e. The van der Waals surface area contributed by atoms with Crippen molar-refractivity contribution in [3.8, 4) is 0 Å². The second-order valence-electron chi connectivity index (χ2n) is 9.15. The van der Waals surface area contributed by atoms with Crippen molar-refractivity contribution in [2.75, 3.05) is 43.3 Å². The first-order valence-electron chi connectivity index (χ1n) is 12.5. The first-order chi connectivity index (χ1) is 18.9. The number of aromatic nitrogens is 4. The van der Waals surface area contributed by atoms with Gasteiger partial charge >= 0.3 is 6.18 Å². The molecule has 0 bridgehead atoms. The molecule has 1 N–H and O–H groups in total. The summed E-state index contributed by atoms with van der Waals surface area (Å²) in [7, 11) is 1.60. The molecular weight excluding hydrogens is 555 g/mol. The summed E-state index contributed by atoms with van der Waals surface area (Å²) in [5.74, 6) is 1.10. The van der Waals surface area contributed by atoms with E-state index in [4.69, 9.17) is 18.9 Å². The zero-order chi connectivity index (χ0) is 27.4. The van der Waals surface area contributed by atoms with Gasteiger partial charge in [0.15, 0.2) is 34.7 Å². The average molecular weight is 586 g/mol. The van der Waals surface area contributed by atoms with E-state index in [-0.39, 0.29) is 23.1 Å². The van der Waals surface area contributed by atoms with Gasteiger partial charge in [0.2, 0.25) is 0 Å². The molecule has 0 aliphatic carbocycles. The van der Waals surface area contributed by atoms with Gasteiger partial charge in [-0.2, -0.15) is 24.9 Å². The Morgan fingerprint density at radius 2 is 1.87 bits per heavy atom. The Bertz CT molecular complexity index is 1240. The van der Waals surface area contributed by atoms with Crippen LogP contribution in [0.2, 0.25) is 0 Å². The standard InChI is InChI=1S/C25H30F3N5O4S2/c1-34-13-16-19-20(37-17(36-19)12-15-6-4-3-5-7-15)23(35-16)33-14-30-18-21(29-9-11-38-2)31-24(32-22(18)33)39-10-8-25(26,27)28/h3-7,14,16-17,19-20,23H,8-13H2,1-2H3,(H,29,31,32)/t16?,17?,19-,20-,23-/m1/s1. The summed E-state index contributed by atoms with van der Waals surface area (Å²) in [5.41, 5.74) is 2.04. The van der Waals surface area contributed by atoms with Crippen LogP contribution in [0.3, 0.4) is 0 Å².